The molecule has 0 amide bonds. The van der Waals surface area contributed by atoms with Crippen molar-refractivity contribution < 1.29 is 28.5 Å². The summed E-state index contributed by atoms with van der Waals surface area (Å²) in [5, 5.41) is 10.6. The zero-order valence-corrected chi connectivity index (χ0v) is 13.3. The Hall–Kier alpha value is -3.02. The summed E-state index contributed by atoms with van der Waals surface area (Å²) in [7, 11) is 4.38. The number of fused-ring (bicyclic) bond motifs is 2. The normalized spacial score (nSPS) is 10.8. The number of rotatable bonds is 4. The molecule has 0 spiro atoms. The van der Waals surface area contributed by atoms with Crippen LogP contribution in [0.25, 0.3) is 21.5 Å². The van der Waals surface area contributed by atoms with Gasteiger partial charge in [0, 0.05) is 16.2 Å². The van der Waals surface area contributed by atoms with E-state index in [0.29, 0.717) is 27.7 Å². The number of carbonyl (C=O) groups is 1. The summed E-state index contributed by atoms with van der Waals surface area (Å²) in [5.41, 5.74) is -0.0619. The second kappa shape index (κ2) is 5.88. The van der Waals surface area contributed by atoms with Crippen LogP contribution in [0.1, 0.15) is 10.4 Å². The number of hydrogen-bond acceptors (Lipinski definition) is 4. The van der Waals surface area contributed by atoms with Crippen molar-refractivity contribution in [3.8, 4) is 17.2 Å². The van der Waals surface area contributed by atoms with Crippen LogP contribution in [-0.4, -0.2) is 32.4 Å². The highest BCUT2D eigenvalue weighted by Gasteiger charge is 2.21. The highest BCUT2D eigenvalue weighted by Crippen LogP contribution is 2.43. The van der Waals surface area contributed by atoms with Gasteiger partial charge in [-0.3, -0.25) is 0 Å². The molecule has 0 aliphatic heterocycles. The second-order valence-corrected chi connectivity index (χ2v) is 5.16. The highest BCUT2D eigenvalue weighted by atomic mass is 19.1. The van der Waals surface area contributed by atoms with Gasteiger partial charge in [0.25, 0.3) is 0 Å². The lowest BCUT2D eigenvalue weighted by atomic mass is 9.98. The van der Waals surface area contributed by atoms with Gasteiger partial charge in [-0.1, -0.05) is 0 Å². The average Bonchev–Trinajstić information content (AvgIpc) is 2.60. The molecule has 124 valence electrons. The number of carboxylic acid groups (broad SMARTS) is 1. The smallest absolute Gasteiger partial charge is 0.335 e. The summed E-state index contributed by atoms with van der Waals surface area (Å²) < 4.78 is 31.0. The lowest BCUT2D eigenvalue weighted by Crippen LogP contribution is -2.00. The molecule has 0 heterocycles. The van der Waals surface area contributed by atoms with Crippen molar-refractivity contribution in [2.24, 2.45) is 0 Å². The van der Waals surface area contributed by atoms with Crippen molar-refractivity contribution in [3.63, 3.8) is 0 Å². The van der Waals surface area contributed by atoms with E-state index in [1.807, 2.05) is 0 Å². The van der Waals surface area contributed by atoms with Crippen molar-refractivity contribution >= 4 is 27.5 Å². The van der Waals surface area contributed by atoms with Gasteiger partial charge >= 0.3 is 5.97 Å². The Balaban J connectivity index is 2.56. The Morgan fingerprint density at radius 3 is 2.29 bits per heavy atom. The van der Waals surface area contributed by atoms with Crippen molar-refractivity contribution in [2.75, 3.05) is 21.3 Å². The van der Waals surface area contributed by atoms with Crippen LogP contribution < -0.4 is 14.2 Å². The van der Waals surface area contributed by atoms with E-state index in [9.17, 15) is 9.90 Å². The zero-order chi connectivity index (χ0) is 17.4. The van der Waals surface area contributed by atoms with Crippen LogP contribution in [0.15, 0.2) is 30.3 Å². The van der Waals surface area contributed by atoms with Crippen LogP contribution in [0.4, 0.5) is 4.39 Å². The van der Waals surface area contributed by atoms with Gasteiger partial charge in [0.05, 0.1) is 32.3 Å². The van der Waals surface area contributed by atoms with Crippen LogP contribution in [-0.2, 0) is 0 Å². The zero-order valence-electron chi connectivity index (χ0n) is 13.3. The molecule has 3 aromatic carbocycles. The van der Waals surface area contributed by atoms with Gasteiger partial charge in [0.1, 0.15) is 23.1 Å². The number of halogens is 1. The summed E-state index contributed by atoms with van der Waals surface area (Å²) in [5.74, 6) is -0.520. The number of carboxylic acids is 1. The third kappa shape index (κ3) is 2.27. The maximum absolute atomic E-state index is 15.0. The Kier molecular flexibility index (Phi) is 3.89. The van der Waals surface area contributed by atoms with Crippen molar-refractivity contribution in [3.05, 3.63) is 41.7 Å². The number of aromatic carboxylic acids is 1. The molecule has 3 rings (SSSR count). The quantitative estimate of drug-likeness (QED) is 0.736. The molecule has 3 aromatic rings. The minimum Gasteiger partial charge on any atom is -0.497 e. The summed E-state index contributed by atoms with van der Waals surface area (Å²) >= 11 is 0. The maximum Gasteiger partial charge on any atom is 0.335 e. The van der Waals surface area contributed by atoms with Crippen LogP contribution in [0, 0.1) is 5.82 Å². The van der Waals surface area contributed by atoms with Crippen LogP contribution in [0.5, 0.6) is 17.2 Å². The van der Waals surface area contributed by atoms with Gasteiger partial charge < -0.3 is 19.3 Å². The van der Waals surface area contributed by atoms with Gasteiger partial charge in [-0.15, -0.1) is 0 Å². The molecule has 0 fully saturated rings. The molecule has 0 aliphatic rings. The lowest BCUT2D eigenvalue weighted by molar-refractivity contribution is 0.0696. The van der Waals surface area contributed by atoms with E-state index >= 15 is 4.39 Å². The van der Waals surface area contributed by atoms with Gasteiger partial charge in [0.15, 0.2) is 0 Å². The van der Waals surface area contributed by atoms with E-state index in [1.54, 1.807) is 18.2 Å². The van der Waals surface area contributed by atoms with Crippen LogP contribution in [0.3, 0.4) is 0 Å². The van der Waals surface area contributed by atoms with Crippen molar-refractivity contribution in [2.45, 2.75) is 0 Å². The topological polar surface area (TPSA) is 65.0 Å². The number of methoxy groups -OCH3 is 3. The molecule has 0 saturated heterocycles. The van der Waals surface area contributed by atoms with Gasteiger partial charge in [0.2, 0.25) is 0 Å². The summed E-state index contributed by atoms with van der Waals surface area (Å²) in [6.45, 7) is 0. The monoisotopic (exact) mass is 330 g/mol. The van der Waals surface area contributed by atoms with E-state index in [2.05, 4.69) is 0 Å². The molecule has 0 radical (unpaired) electrons. The Labute approximate surface area is 137 Å². The minimum atomic E-state index is -1.16. The first-order chi connectivity index (χ1) is 11.5. The predicted octanol–water partition coefficient (Wildman–Crippen LogP) is 3.86. The van der Waals surface area contributed by atoms with Gasteiger partial charge in [-0.05, 0) is 30.3 Å². The lowest BCUT2D eigenvalue weighted by Gasteiger charge is -2.16. The molecular weight excluding hydrogens is 315 g/mol. The fourth-order valence-corrected chi connectivity index (χ4v) is 2.83. The largest absolute Gasteiger partial charge is 0.497 e. The minimum absolute atomic E-state index is 0.0619. The van der Waals surface area contributed by atoms with Crippen LogP contribution in [0.2, 0.25) is 0 Å². The molecular formula is C18H15FO5. The summed E-state index contributed by atoms with van der Waals surface area (Å²) in [6.07, 6.45) is 0. The number of hydrogen-bond donors (Lipinski definition) is 1. The first-order valence-electron chi connectivity index (χ1n) is 7.10. The predicted molar refractivity (Wildman–Crippen MR) is 88.0 cm³/mol. The van der Waals surface area contributed by atoms with Gasteiger partial charge in [-0.25, -0.2) is 9.18 Å². The van der Waals surface area contributed by atoms with E-state index in [-0.39, 0.29) is 16.7 Å². The summed E-state index contributed by atoms with van der Waals surface area (Å²) in [4.78, 5) is 11.3. The fraction of sp³-hybridized carbons (Fsp3) is 0.167. The Morgan fingerprint density at radius 1 is 0.958 bits per heavy atom. The molecule has 24 heavy (non-hydrogen) atoms. The third-order valence-electron chi connectivity index (χ3n) is 3.94. The molecule has 0 atom stereocenters. The molecule has 0 saturated carbocycles. The van der Waals surface area contributed by atoms with E-state index in [1.165, 1.54) is 33.5 Å². The van der Waals surface area contributed by atoms with Crippen LogP contribution >= 0.6 is 0 Å². The molecule has 0 aromatic heterocycles. The van der Waals surface area contributed by atoms with E-state index in [4.69, 9.17) is 14.2 Å². The first-order valence-corrected chi connectivity index (χ1v) is 7.10. The SMILES string of the molecule is COc1ccc2c(F)c3cc(C(=O)O)cc(OC)c3c(OC)c2c1. The Bertz CT molecular complexity index is 965. The van der Waals surface area contributed by atoms with Crippen molar-refractivity contribution in [1.29, 1.82) is 0 Å². The molecule has 5 nitrogen and oxygen atoms in total. The molecule has 1 N–H and O–H groups in total. The fourth-order valence-electron chi connectivity index (χ4n) is 2.83. The molecule has 0 bridgehead atoms. The second-order valence-electron chi connectivity index (χ2n) is 5.16. The molecule has 6 heteroatoms. The number of benzene rings is 3. The highest BCUT2D eigenvalue weighted by molar-refractivity contribution is 6.10. The standard InChI is InChI=1S/C18H15FO5/c1-22-10-4-5-11-12(8-10)17(24-3)15-13(16(11)19)6-9(18(20)21)7-14(15)23-2/h4-8H,1-3H3,(H,20,21). The first kappa shape index (κ1) is 15.9. The number of ether oxygens (including phenoxy) is 3. The average molecular weight is 330 g/mol. The third-order valence-corrected chi connectivity index (χ3v) is 3.94. The van der Waals surface area contributed by atoms with Crippen molar-refractivity contribution in [1.82, 2.24) is 0 Å². The summed E-state index contributed by atoms with van der Waals surface area (Å²) in [6, 6.07) is 7.50. The Morgan fingerprint density at radius 2 is 1.71 bits per heavy atom. The van der Waals surface area contributed by atoms with E-state index < -0.39 is 11.8 Å². The maximum atomic E-state index is 15.0. The molecule has 0 aliphatic carbocycles. The van der Waals surface area contributed by atoms with E-state index in [0.717, 1.165) is 0 Å². The van der Waals surface area contributed by atoms with Gasteiger partial charge in [-0.2, -0.15) is 0 Å². The molecule has 0 unspecified atom stereocenters.